The van der Waals surface area contributed by atoms with Gasteiger partial charge in [-0.1, -0.05) is 0 Å². The monoisotopic (exact) mass is 329 g/mol. The minimum atomic E-state index is -3.37. The first-order valence-corrected chi connectivity index (χ1v) is 8.33. The standard InChI is InChI=1S/C13H19N3O5S/c1-16(2)22(19,20)8-10-6-21-7-12(10)15-13(18)9-3-11(17)5-14-4-9/h3-5,10,12,17H,6-8H2,1-2H3,(H,15,18)/t10-,12-/m0/s1. The Morgan fingerprint density at radius 2 is 2.18 bits per heavy atom. The van der Waals surface area contributed by atoms with E-state index in [1.54, 1.807) is 0 Å². The van der Waals surface area contributed by atoms with E-state index in [-0.39, 0.29) is 36.2 Å². The summed E-state index contributed by atoms with van der Waals surface area (Å²) in [6.45, 7) is 0.530. The maximum Gasteiger partial charge on any atom is 0.253 e. The van der Waals surface area contributed by atoms with Gasteiger partial charge in [-0.25, -0.2) is 12.7 Å². The summed E-state index contributed by atoms with van der Waals surface area (Å²) in [6.07, 6.45) is 2.55. The quantitative estimate of drug-likeness (QED) is 0.748. The molecule has 22 heavy (non-hydrogen) atoms. The number of carbonyl (C=O) groups is 1. The third-order valence-corrected chi connectivity index (χ3v) is 5.44. The number of hydrogen-bond acceptors (Lipinski definition) is 6. The molecule has 0 saturated carbocycles. The molecule has 2 heterocycles. The number of nitrogens with one attached hydrogen (secondary N) is 1. The lowest BCUT2D eigenvalue weighted by atomic mass is 10.1. The van der Waals surface area contributed by atoms with Crippen LogP contribution in [0.4, 0.5) is 0 Å². The van der Waals surface area contributed by atoms with Crippen molar-refractivity contribution in [2.45, 2.75) is 6.04 Å². The van der Waals surface area contributed by atoms with E-state index >= 15 is 0 Å². The predicted molar refractivity (Wildman–Crippen MR) is 78.9 cm³/mol. The predicted octanol–water partition coefficient (Wildman–Crippen LogP) is -0.577. The second-order valence-corrected chi connectivity index (χ2v) is 7.60. The molecule has 0 aliphatic carbocycles. The normalized spacial score (nSPS) is 22.0. The molecule has 0 radical (unpaired) electrons. The fourth-order valence-electron chi connectivity index (χ4n) is 2.15. The van der Waals surface area contributed by atoms with Crippen LogP contribution in [-0.4, -0.2) is 67.8 Å². The van der Waals surface area contributed by atoms with Crippen molar-refractivity contribution in [3.8, 4) is 5.75 Å². The fourth-order valence-corrected chi connectivity index (χ4v) is 3.31. The molecule has 1 fully saturated rings. The SMILES string of the molecule is CN(C)S(=O)(=O)C[C@@H]1COC[C@@H]1NC(=O)c1cncc(O)c1. The summed E-state index contributed by atoms with van der Waals surface area (Å²) in [6, 6.07) is 0.897. The van der Waals surface area contributed by atoms with E-state index < -0.39 is 22.0 Å². The van der Waals surface area contributed by atoms with Gasteiger partial charge in [-0.05, 0) is 6.07 Å². The summed E-state index contributed by atoms with van der Waals surface area (Å²) in [4.78, 5) is 15.9. The van der Waals surface area contributed by atoms with Gasteiger partial charge in [0.05, 0.1) is 36.8 Å². The maximum atomic E-state index is 12.1. The number of aromatic nitrogens is 1. The number of pyridine rings is 1. The molecule has 122 valence electrons. The third kappa shape index (κ3) is 3.93. The molecule has 2 N–H and O–H groups in total. The Labute approximate surface area is 129 Å². The van der Waals surface area contributed by atoms with E-state index in [4.69, 9.17) is 4.74 Å². The average Bonchev–Trinajstić information content (AvgIpc) is 2.85. The molecule has 1 aromatic heterocycles. The van der Waals surface area contributed by atoms with Gasteiger partial charge < -0.3 is 15.2 Å². The third-order valence-electron chi connectivity index (χ3n) is 3.48. The second-order valence-electron chi connectivity index (χ2n) is 5.37. The molecular formula is C13H19N3O5S. The first-order valence-electron chi connectivity index (χ1n) is 6.72. The Kier molecular flexibility index (Phi) is 4.99. The number of carbonyl (C=O) groups excluding carboxylic acids is 1. The van der Waals surface area contributed by atoms with Crippen LogP contribution in [0.15, 0.2) is 18.5 Å². The number of nitrogens with zero attached hydrogens (tertiary/aromatic N) is 2. The smallest absolute Gasteiger partial charge is 0.253 e. The molecule has 0 unspecified atom stereocenters. The van der Waals surface area contributed by atoms with Crippen molar-refractivity contribution in [3.63, 3.8) is 0 Å². The number of ether oxygens (including phenoxy) is 1. The van der Waals surface area contributed by atoms with Crippen LogP contribution in [0.1, 0.15) is 10.4 Å². The lowest BCUT2D eigenvalue weighted by Crippen LogP contribution is -2.43. The van der Waals surface area contributed by atoms with Crippen LogP contribution in [-0.2, 0) is 14.8 Å². The second kappa shape index (κ2) is 6.59. The van der Waals surface area contributed by atoms with E-state index in [9.17, 15) is 18.3 Å². The molecule has 9 heteroatoms. The zero-order valence-electron chi connectivity index (χ0n) is 12.4. The number of hydrogen-bond donors (Lipinski definition) is 2. The first-order chi connectivity index (χ1) is 10.3. The van der Waals surface area contributed by atoms with Gasteiger partial charge in [-0.15, -0.1) is 0 Å². The summed E-state index contributed by atoms with van der Waals surface area (Å²) in [5, 5.41) is 12.1. The summed E-state index contributed by atoms with van der Waals surface area (Å²) in [5.41, 5.74) is 0.209. The van der Waals surface area contributed by atoms with Crippen LogP contribution in [0, 0.1) is 5.92 Å². The molecule has 8 nitrogen and oxygen atoms in total. The van der Waals surface area contributed by atoms with Crippen LogP contribution in [0.25, 0.3) is 0 Å². The number of amides is 1. The van der Waals surface area contributed by atoms with E-state index in [0.717, 1.165) is 4.31 Å². The topological polar surface area (TPSA) is 109 Å². The van der Waals surface area contributed by atoms with Gasteiger partial charge in [0.25, 0.3) is 5.91 Å². The van der Waals surface area contributed by atoms with Crippen LogP contribution in [0.3, 0.4) is 0 Å². The Bertz CT molecular complexity index is 647. The van der Waals surface area contributed by atoms with E-state index in [1.807, 2.05) is 0 Å². The molecule has 0 bridgehead atoms. The van der Waals surface area contributed by atoms with Gasteiger partial charge in [0, 0.05) is 26.2 Å². The van der Waals surface area contributed by atoms with Crippen molar-refractivity contribution in [2.75, 3.05) is 33.1 Å². The molecular weight excluding hydrogens is 310 g/mol. The highest BCUT2D eigenvalue weighted by Crippen LogP contribution is 2.18. The molecule has 1 aromatic rings. The van der Waals surface area contributed by atoms with Crippen LogP contribution in [0.2, 0.25) is 0 Å². The van der Waals surface area contributed by atoms with Gasteiger partial charge >= 0.3 is 0 Å². The minimum absolute atomic E-state index is 0.0940. The largest absolute Gasteiger partial charge is 0.506 e. The Morgan fingerprint density at radius 1 is 1.45 bits per heavy atom. The van der Waals surface area contributed by atoms with E-state index in [0.29, 0.717) is 0 Å². The molecule has 2 atom stereocenters. The summed E-state index contributed by atoms with van der Waals surface area (Å²) < 4.78 is 30.3. The first kappa shape index (κ1) is 16.7. The Hall–Kier alpha value is -1.71. The zero-order valence-corrected chi connectivity index (χ0v) is 13.2. The van der Waals surface area contributed by atoms with Crippen molar-refractivity contribution >= 4 is 15.9 Å². The number of sulfonamides is 1. The molecule has 1 saturated heterocycles. The van der Waals surface area contributed by atoms with E-state index in [2.05, 4.69) is 10.3 Å². The average molecular weight is 329 g/mol. The van der Waals surface area contributed by atoms with Crippen molar-refractivity contribution in [2.24, 2.45) is 5.92 Å². The van der Waals surface area contributed by atoms with E-state index in [1.165, 1.54) is 32.6 Å². The molecule has 0 aromatic carbocycles. The summed E-state index contributed by atoms with van der Waals surface area (Å²) in [5.74, 6) is -0.946. The fraction of sp³-hybridized carbons (Fsp3) is 0.538. The lowest BCUT2D eigenvalue weighted by molar-refractivity contribution is 0.0925. The molecule has 1 amide bonds. The van der Waals surface area contributed by atoms with Gasteiger partial charge in [-0.3, -0.25) is 9.78 Å². The molecule has 1 aliphatic heterocycles. The minimum Gasteiger partial charge on any atom is -0.506 e. The Morgan fingerprint density at radius 3 is 2.82 bits per heavy atom. The number of rotatable bonds is 5. The van der Waals surface area contributed by atoms with Crippen molar-refractivity contribution < 1.29 is 23.1 Å². The van der Waals surface area contributed by atoms with Crippen molar-refractivity contribution in [1.82, 2.24) is 14.6 Å². The van der Waals surface area contributed by atoms with Gasteiger partial charge in [0.15, 0.2) is 0 Å². The molecule has 1 aliphatic rings. The van der Waals surface area contributed by atoms with Crippen molar-refractivity contribution in [1.29, 1.82) is 0 Å². The highest BCUT2D eigenvalue weighted by atomic mass is 32.2. The number of aromatic hydroxyl groups is 1. The Balaban J connectivity index is 2.04. The zero-order chi connectivity index (χ0) is 16.3. The lowest BCUT2D eigenvalue weighted by Gasteiger charge is -2.21. The highest BCUT2D eigenvalue weighted by molar-refractivity contribution is 7.89. The maximum absolute atomic E-state index is 12.1. The van der Waals surface area contributed by atoms with Crippen LogP contribution >= 0.6 is 0 Å². The molecule has 0 spiro atoms. The van der Waals surface area contributed by atoms with Gasteiger partial charge in [-0.2, -0.15) is 0 Å². The van der Waals surface area contributed by atoms with Crippen LogP contribution in [0.5, 0.6) is 5.75 Å². The van der Waals surface area contributed by atoms with Gasteiger partial charge in [0.2, 0.25) is 10.0 Å². The van der Waals surface area contributed by atoms with Crippen molar-refractivity contribution in [3.05, 3.63) is 24.0 Å². The van der Waals surface area contributed by atoms with Crippen LogP contribution < -0.4 is 5.32 Å². The molecule has 2 rings (SSSR count). The summed E-state index contributed by atoms with van der Waals surface area (Å²) in [7, 11) is -0.433. The highest BCUT2D eigenvalue weighted by Gasteiger charge is 2.34. The van der Waals surface area contributed by atoms with Gasteiger partial charge in [0.1, 0.15) is 5.75 Å². The summed E-state index contributed by atoms with van der Waals surface area (Å²) >= 11 is 0.